The lowest BCUT2D eigenvalue weighted by molar-refractivity contribution is 0.476. The molecule has 3 aromatic heterocycles. The van der Waals surface area contributed by atoms with E-state index in [4.69, 9.17) is 0 Å². The van der Waals surface area contributed by atoms with Gasteiger partial charge in [0, 0.05) is 45.8 Å². The molecule has 29 heavy (non-hydrogen) atoms. The summed E-state index contributed by atoms with van der Waals surface area (Å²) in [5.41, 5.74) is -0.379. The summed E-state index contributed by atoms with van der Waals surface area (Å²) in [6.45, 7) is 17.1. The van der Waals surface area contributed by atoms with E-state index < -0.39 is 0 Å². The summed E-state index contributed by atoms with van der Waals surface area (Å²) in [4.78, 5) is 16.5. The van der Waals surface area contributed by atoms with Crippen molar-refractivity contribution in [3.63, 3.8) is 0 Å². The van der Waals surface area contributed by atoms with E-state index in [1.165, 1.54) is 21.1 Å². The summed E-state index contributed by atoms with van der Waals surface area (Å²) < 4.78 is 14.9. The first-order valence-electron chi connectivity index (χ1n) is 9.82. The zero-order valence-corrected chi connectivity index (χ0v) is 21.0. The standard InChI is InChI=1S/C22H30FN3S3/c1-13-24-12-15(27-13)21(5,6)10-17-26-19(23)18(29-17)22(7,8)9-16-25-11-14(28-16)20(2,3)4/h11-12H,9-10H2,1-8H3. The van der Waals surface area contributed by atoms with Gasteiger partial charge >= 0.3 is 0 Å². The summed E-state index contributed by atoms with van der Waals surface area (Å²) in [6.07, 6.45) is 5.32. The molecule has 0 N–H and O–H groups in total. The minimum absolute atomic E-state index is 0.0869. The molecular formula is C22H30FN3S3. The molecule has 0 aliphatic rings. The van der Waals surface area contributed by atoms with E-state index in [2.05, 4.69) is 63.4 Å². The van der Waals surface area contributed by atoms with Crippen LogP contribution in [-0.2, 0) is 29.1 Å². The third kappa shape index (κ3) is 5.12. The average Bonchev–Trinajstić information content (AvgIpc) is 3.27. The molecule has 0 atom stereocenters. The summed E-state index contributed by atoms with van der Waals surface area (Å²) in [7, 11) is 0. The van der Waals surface area contributed by atoms with Gasteiger partial charge in [-0.05, 0) is 12.3 Å². The largest absolute Gasteiger partial charge is 0.250 e. The Morgan fingerprint density at radius 3 is 1.97 bits per heavy atom. The molecule has 3 rings (SSSR count). The molecular weight excluding hydrogens is 421 g/mol. The molecule has 3 nitrogen and oxygen atoms in total. The molecule has 0 spiro atoms. The zero-order chi connectivity index (χ0) is 21.6. The van der Waals surface area contributed by atoms with Crippen LogP contribution in [0.15, 0.2) is 12.4 Å². The van der Waals surface area contributed by atoms with E-state index in [9.17, 15) is 4.39 Å². The number of thiazole rings is 3. The number of aromatic nitrogens is 3. The molecule has 158 valence electrons. The minimum atomic E-state index is -0.349. The number of rotatable bonds is 6. The highest BCUT2D eigenvalue weighted by Crippen LogP contribution is 2.39. The van der Waals surface area contributed by atoms with E-state index in [1.807, 2.05) is 19.3 Å². The molecule has 0 unspecified atom stereocenters. The number of hydrogen-bond acceptors (Lipinski definition) is 6. The maximum atomic E-state index is 14.9. The van der Waals surface area contributed by atoms with E-state index in [0.717, 1.165) is 19.9 Å². The summed E-state index contributed by atoms with van der Waals surface area (Å²) >= 11 is 4.93. The van der Waals surface area contributed by atoms with Crippen LogP contribution in [0.2, 0.25) is 0 Å². The normalized spacial score (nSPS) is 13.3. The summed E-state index contributed by atoms with van der Waals surface area (Å²) in [6, 6.07) is 0. The molecule has 3 aromatic rings. The molecule has 0 saturated carbocycles. The number of aryl methyl sites for hydroxylation is 1. The topological polar surface area (TPSA) is 38.7 Å². The van der Waals surface area contributed by atoms with Gasteiger partial charge in [0.2, 0.25) is 5.95 Å². The monoisotopic (exact) mass is 451 g/mol. The maximum absolute atomic E-state index is 14.9. The third-order valence-corrected chi connectivity index (χ3v) is 9.11. The van der Waals surface area contributed by atoms with Gasteiger partial charge in [0.05, 0.1) is 19.9 Å². The maximum Gasteiger partial charge on any atom is 0.227 e. The van der Waals surface area contributed by atoms with Crippen molar-refractivity contribution in [3.05, 3.63) is 48.0 Å². The molecule has 7 heteroatoms. The van der Waals surface area contributed by atoms with Crippen molar-refractivity contribution in [2.24, 2.45) is 0 Å². The predicted molar refractivity (Wildman–Crippen MR) is 123 cm³/mol. The van der Waals surface area contributed by atoms with Gasteiger partial charge < -0.3 is 0 Å². The van der Waals surface area contributed by atoms with Crippen LogP contribution in [0.1, 0.15) is 78.1 Å². The molecule has 0 amide bonds. The van der Waals surface area contributed by atoms with Crippen molar-refractivity contribution in [1.29, 1.82) is 0 Å². The number of halogens is 1. The number of nitrogens with zero attached hydrogens (tertiary/aromatic N) is 3. The second-order valence-corrected chi connectivity index (χ2v) is 13.4. The summed E-state index contributed by atoms with van der Waals surface area (Å²) in [5, 5.41) is 2.95. The van der Waals surface area contributed by atoms with Crippen LogP contribution in [0, 0.1) is 12.9 Å². The molecule has 0 aromatic carbocycles. The fourth-order valence-electron chi connectivity index (χ4n) is 3.17. The Morgan fingerprint density at radius 1 is 0.793 bits per heavy atom. The van der Waals surface area contributed by atoms with Crippen molar-refractivity contribution in [2.45, 2.75) is 84.5 Å². The predicted octanol–water partition coefficient (Wildman–Crippen LogP) is 6.84. The van der Waals surface area contributed by atoms with Crippen LogP contribution >= 0.6 is 34.0 Å². The Balaban J connectivity index is 1.80. The fraction of sp³-hybridized carbons (Fsp3) is 0.591. The van der Waals surface area contributed by atoms with Crippen molar-refractivity contribution >= 4 is 34.0 Å². The van der Waals surface area contributed by atoms with Crippen LogP contribution in [0.3, 0.4) is 0 Å². The fourth-order valence-corrected chi connectivity index (χ4v) is 6.53. The summed E-state index contributed by atoms with van der Waals surface area (Å²) in [5.74, 6) is -0.334. The molecule has 0 saturated heterocycles. The van der Waals surface area contributed by atoms with Gasteiger partial charge in [-0.1, -0.05) is 48.5 Å². The van der Waals surface area contributed by atoms with E-state index in [-0.39, 0.29) is 22.2 Å². The lowest BCUT2D eigenvalue weighted by atomic mass is 9.88. The van der Waals surface area contributed by atoms with E-state index in [0.29, 0.717) is 12.8 Å². The average molecular weight is 452 g/mol. The minimum Gasteiger partial charge on any atom is -0.250 e. The highest BCUT2D eigenvalue weighted by Gasteiger charge is 2.32. The Kier molecular flexibility index (Phi) is 6.07. The molecule has 0 radical (unpaired) electrons. The SMILES string of the molecule is Cc1ncc(C(C)(C)Cc2nc(F)c(C(C)(C)Cc3ncc(C(C)(C)C)s3)s2)s1. The number of hydrogen-bond donors (Lipinski definition) is 0. The lowest BCUT2D eigenvalue weighted by Gasteiger charge is -2.22. The first-order valence-corrected chi connectivity index (χ1v) is 12.3. The van der Waals surface area contributed by atoms with Gasteiger partial charge in [0.25, 0.3) is 0 Å². The van der Waals surface area contributed by atoms with Crippen molar-refractivity contribution < 1.29 is 4.39 Å². The molecule has 0 bridgehead atoms. The Morgan fingerprint density at radius 2 is 1.41 bits per heavy atom. The van der Waals surface area contributed by atoms with Crippen molar-refractivity contribution in [1.82, 2.24) is 15.0 Å². The van der Waals surface area contributed by atoms with Gasteiger partial charge in [0.15, 0.2) is 0 Å². The Bertz CT molecular complexity index is 989. The van der Waals surface area contributed by atoms with Crippen molar-refractivity contribution in [2.75, 3.05) is 0 Å². The van der Waals surface area contributed by atoms with Gasteiger partial charge in [-0.25, -0.2) is 15.0 Å². The van der Waals surface area contributed by atoms with Crippen molar-refractivity contribution in [3.8, 4) is 0 Å². The van der Waals surface area contributed by atoms with Crippen LogP contribution in [0.4, 0.5) is 4.39 Å². The lowest BCUT2D eigenvalue weighted by Crippen LogP contribution is -2.20. The van der Waals surface area contributed by atoms with E-state index >= 15 is 0 Å². The van der Waals surface area contributed by atoms with Gasteiger partial charge in [-0.15, -0.1) is 34.0 Å². The molecule has 0 aliphatic carbocycles. The first-order chi connectivity index (χ1) is 13.3. The zero-order valence-electron chi connectivity index (χ0n) is 18.5. The van der Waals surface area contributed by atoms with Crippen LogP contribution in [-0.4, -0.2) is 15.0 Å². The van der Waals surface area contributed by atoms with Crippen LogP contribution in [0.5, 0.6) is 0 Å². The first kappa shape index (κ1) is 22.5. The van der Waals surface area contributed by atoms with Crippen LogP contribution in [0.25, 0.3) is 0 Å². The van der Waals surface area contributed by atoms with Gasteiger partial charge in [0.1, 0.15) is 0 Å². The second kappa shape index (κ2) is 7.82. The van der Waals surface area contributed by atoms with Gasteiger partial charge in [-0.3, -0.25) is 0 Å². The molecule has 3 heterocycles. The third-order valence-electron chi connectivity index (χ3n) is 5.01. The molecule has 0 fully saturated rings. The Labute approximate surface area is 185 Å². The van der Waals surface area contributed by atoms with Gasteiger partial charge in [-0.2, -0.15) is 4.39 Å². The van der Waals surface area contributed by atoms with Crippen LogP contribution < -0.4 is 0 Å². The highest BCUT2D eigenvalue weighted by atomic mass is 32.1. The highest BCUT2D eigenvalue weighted by molar-refractivity contribution is 7.12. The quantitative estimate of drug-likeness (QED) is 0.412. The smallest absolute Gasteiger partial charge is 0.227 e. The second-order valence-electron chi connectivity index (χ2n) is 9.96. The Hall–Kier alpha value is -1.18. The molecule has 0 aliphatic heterocycles. The van der Waals surface area contributed by atoms with E-state index in [1.54, 1.807) is 22.7 Å².